The summed E-state index contributed by atoms with van der Waals surface area (Å²) in [5, 5.41) is 29.2. The number of nitrogens with one attached hydrogen (secondary N) is 1. The van der Waals surface area contributed by atoms with Gasteiger partial charge in [0.25, 0.3) is 0 Å². The zero-order valence-corrected chi connectivity index (χ0v) is 20.0. The highest BCUT2D eigenvalue weighted by Crippen LogP contribution is 2.40. The van der Waals surface area contributed by atoms with Crippen LogP contribution in [0.5, 0.6) is 11.5 Å². The van der Waals surface area contributed by atoms with Crippen LogP contribution in [0.15, 0.2) is 30.3 Å². The van der Waals surface area contributed by atoms with Gasteiger partial charge in [0, 0.05) is 11.1 Å². The molecule has 4 heteroatoms. The number of benzene rings is 2. The molecule has 0 amide bonds. The highest BCUT2D eigenvalue weighted by Gasteiger charge is 2.19. The number of phenolic OH excluding ortho intramolecular Hbond substituents is 2. The lowest BCUT2D eigenvalue weighted by Gasteiger charge is -2.17. The molecular weight excluding hydrogens is 384 g/mol. The molecule has 2 aromatic carbocycles. The predicted molar refractivity (Wildman–Crippen MR) is 129 cm³/mol. The van der Waals surface area contributed by atoms with Crippen molar-refractivity contribution in [2.45, 2.75) is 79.1 Å². The number of hydrogen-bond donors (Lipinski definition) is 3. The monoisotopic (exact) mass is 420 g/mol. The number of aromatic hydroxyl groups is 2. The van der Waals surface area contributed by atoms with E-state index in [9.17, 15) is 10.2 Å². The van der Waals surface area contributed by atoms with Gasteiger partial charge in [-0.05, 0) is 76.3 Å². The van der Waals surface area contributed by atoms with Crippen LogP contribution in [0.25, 0.3) is 22.5 Å². The third-order valence-corrected chi connectivity index (χ3v) is 6.01. The van der Waals surface area contributed by atoms with E-state index in [0.717, 1.165) is 44.8 Å². The average molecular weight is 421 g/mol. The Balaban J connectivity index is 2.13. The second-order valence-electron chi connectivity index (χ2n) is 9.79. The summed E-state index contributed by atoms with van der Waals surface area (Å²) in [6.45, 7) is 16.8. The van der Waals surface area contributed by atoms with Crippen molar-refractivity contribution in [1.82, 2.24) is 10.2 Å². The Bertz CT molecular complexity index is 933. The molecule has 0 saturated heterocycles. The molecule has 31 heavy (non-hydrogen) atoms. The molecule has 0 bridgehead atoms. The van der Waals surface area contributed by atoms with Crippen LogP contribution < -0.4 is 0 Å². The molecule has 0 fully saturated rings. The van der Waals surface area contributed by atoms with E-state index in [1.165, 1.54) is 0 Å². The van der Waals surface area contributed by atoms with Crippen LogP contribution in [0.2, 0.25) is 0 Å². The van der Waals surface area contributed by atoms with Crippen LogP contribution in [-0.4, -0.2) is 20.4 Å². The fourth-order valence-electron chi connectivity index (χ4n) is 4.04. The second-order valence-corrected chi connectivity index (χ2v) is 9.79. The Kier molecular flexibility index (Phi) is 6.49. The van der Waals surface area contributed by atoms with Gasteiger partial charge in [-0.3, -0.25) is 5.10 Å². The number of phenols is 2. The molecule has 3 N–H and O–H groups in total. The topological polar surface area (TPSA) is 69.1 Å². The molecule has 0 aliphatic rings. The average Bonchev–Trinajstić information content (AvgIpc) is 3.17. The largest absolute Gasteiger partial charge is 0.507 e. The van der Waals surface area contributed by atoms with Gasteiger partial charge in [-0.15, -0.1) is 0 Å². The van der Waals surface area contributed by atoms with Gasteiger partial charge in [0.15, 0.2) is 0 Å². The molecule has 0 saturated carbocycles. The molecule has 1 heterocycles. The van der Waals surface area contributed by atoms with Crippen LogP contribution in [-0.2, 0) is 0 Å². The van der Waals surface area contributed by atoms with E-state index in [1.54, 1.807) is 0 Å². The minimum absolute atomic E-state index is 0.218. The summed E-state index contributed by atoms with van der Waals surface area (Å²) in [5.74, 6) is 1.67. The maximum Gasteiger partial charge on any atom is 0.122 e. The van der Waals surface area contributed by atoms with Gasteiger partial charge in [0.05, 0.1) is 11.4 Å². The SMILES string of the molecule is CC(C)c1cc(-c2cc(-c3cc(C(C)C)c(O)c(C(C)C)c3)[nH]n2)cc(C(C)C)c1O. The van der Waals surface area contributed by atoms with Gasteiger partial charge in [0.2, 0.25) is 0 Å². The quantitative estimate of drug-likeness (QED) is 0.383. The molecular formula is C27H36N2O2. The van der Waals surface area contributed by atoms with E-state index in [-0.39, 0.29) is 23.7 Å². The third-order valence-electron chi connectivity index (χ3n) is 6.01. The molecule has 0 unspecified atom stereocenters. The van der Waals surface area contributed by atoms with Crippen molar-refractivity contribution in [1.29, 1.82) is 0 Å². The van der Waals surface area contributed by atoms with Gasteiger partial charge in [-0.2, -0.15) is 5.10 Å². The predicted octanol–water partition coefficient (Wildman–Crippen LogP) is 7.65. The zero-order chi connectivity index (χ0) is 23.0. The van der Waals surface area contributed by atoms with Gasteiger partial charge in [0.1, 0.15) is 11.5 Å². The second kappa shape index (κ2) is 8.78. The van der Waals surface area contributed by atoms with E-state index in [0.29, 0.717) is 11.5 Å². The maximum absolute atomic E-state index is 10.7. The molecule has 3 aromatic rings. The van der Waals surface area contributed by atoms with Crippen molar-refractivity contribution in [3.05, 3.63) is 52.6 Å². The Hall–Kier alpha value is -2.75. The number of aromatic amines is 1. The van der Waals surface area contributed by atoms with Crippen molar-refractivity contribution >= 4 is 0 Å². The normalized spacial score (nSPS) is 12.0. The van der Waals surface area contributed by atoms with Gasteiger partial charge in [-0.1, -0.05) is 55.4 Å². The molecule has 0 aliphatic heterocycles. The Labute approximate surface area is 186 Å². The summed E-state index contributed by atoms with van der Waals surface area (Å²) in [5.41, 5.74) is 7.58. The molecule has 4 nitrogen and oxygen atoms in total. The highest BCUT2D eigenvalue weighted by molar-refractivity contribution is 5.72. The van der Waals surface area contributed by atoms with Gasteiger partial charge >= 0.3 is 0 Å². The van der Waals surface area contributed by atoms with Crippen molar-refractivity contribution < 1.29 is 10.2 Å². The highest BCUT2D eigenvalue weighted by atomic mass is 16.3. The van der Waals surface area contributed by atoms with Gasteiger partial charge in [-0.25, -0.2) is 0 Å². The Morgan fingerprint density at radius 2 is 0.935 bits per heavy atom. The van der Waals surface area contributed by atoms with E-state index in [1.807, 2.05) is 12.1 Å². The van der Waals surface area contributed by atoms with Crippen molar-refractivity contribution in [2.24, 2.45) is 0 Å². The Morgan fingerprint density at radius 3 is 1.29 bits per heavy atom. The van der Waals surface area contributed by atoms with Crippen molar-refractivity contribution in [2.75, 3.05) is 0 Å². The van der Waals surface area contributed by atoms with Crippen LogP contribution in [0, 0.1) is 0 Å². The summed E-state index contributed by atoms with van der Waals surface area (Å²) in [6, 6.07) is 10.3. The van der Waals surface area contributed by atoms with E-state index in [4.69, 9.17) is 0 Å². The fraction of sp³-hybridized carbons (Fsp3) is 0.444. The Morgan fingerprint density at radius 1 is 0.581 bits per heavy atom. The number of nitrogens with zero attached hydrogens (tertiary/aromatic N) is 1. The first-order chi connectivity index (χ1) is 14.5. The molecule has 0 radical (unpaired) electrons. The maximum atomic E-state index is 10.7. The summed E-state index contributed by atoms with van der Waals surface area (Å²) < 4.78 is 0. The van der Waals surface area contributed by atoms with E-state index in [2.05, 4.69) is 83.8 Å². The summed E-state index contributed by atoms with van der Waals surface area (Å²) in [4.78, 5) is 0. The number of aromatic nitrogens is 2. The van der Waals surface area contributed by atoms with E-state index < -0.39 is 0 Å². The van der Waals surface area contributed by atoms with E-state index >= 15 is 0 Å². The molecule has 3 rings (SSSR count). The lowest BCUT2D eigenvalue weighted by atomic mass is 9.90. The lowest BCUT2D eigenvalue weighted by molar-refractivity contribution is 0.454. The van der Waals surface area contributed by atoms with Crippen molar-refractivity contribution in [3.63, 3.8) is 0 Å². The molecule has 0 spiro atoms. The zero-order valence-electron chi connectivity index (χ0n) is 20.0. The van der Waals surface area contributed by atoms with Crippen molar-refractivity contribution in [3.8, 4) is 34.0 Å². The first kappa shape index (κ1) is 22.9. The number of hydrogen-bond acceptors (Lipinski definition) is 3. The third kappa shape index (κ3) is 4.48. The lowest BCUT2D eigenvalue weighted by Crippen LogP contribution is -1.97. The van der Waals surface area contributed by atoms with Crippen LogP contribution in [0.3, 0.4) is 0 Å². The summed E-state index contributed by atoms with van der Waals surface area (Å²) in [7, 11) is 0. The number of rotatable bonds is 6. The molecule has 0 atom stereocenters. The fourth-order valence-corrected chi connectivity index (χ4v) is 4.04. The minimum atomic E-state index is 0.218. The smallest absolute Gasteiger partial charge is 0.122 e. The van der Waals surface area contributed by atoms with Crippen LogP contribution >= 0.6 is 0 Å². The molecule has 1 aromatic heterocycles. The summed E-state index contributed by atoms with van der Waals surface area (Å²) in [6.07, 6.45) is 0. The van der Waals surface area contributed by atoms with Crippen LogP contribution in [0.1, 0.15) is 101 Å². The molecule has 166 valence electrons. The van der Waals surface area contributed by atoms with Gasteiger partial charge < -0.3 is 10.2 Å². The first-order valence-electron chi connectivity index (χ1n) is 11.3. The number of H-pyrrole nitrogens is 1. The summed E-state index contributed by atoms with van der Waals surface area (Å²) >= 11 is 0. The minimum Gasteiger partial charge on any atom is -0.507 e. The molecule has 0 aliphatic carbocycles. The first-order valence-corrected chi connectivity index (χ1v) is 11.3. The van der Waals surface area contributed by atoms with Crippen LogP contribution in [0.4, 0.5) is 0 Å². The standard InChI is InChI=1S/C27H36N2O2/c1-14(2)20-9-18(10-21(15(3)4)26(20)30)24-13-25(29-28-24)19-11-22(16(5)6)27(31)23(12-19)17(7)8/h9-17,30-31H,1-8H3,(H,28,29).